The summed E-state index contributed by atoms with van der Waals surface area (Å²) in [6, 6.07) is 12.4. The number of alkyl halides is 6. The van der Waals surface area contributed by atoms with Gasteiger partial charge in [-0.25, -0.2) is 0 Å². The Morgan fingerprint density at radius 3 is 2.00 bits per heavy atom. The number of benzene rings is 2. The molecule has 0 radical (unpaired) electrons. The zero-order valence-corrected chi connectivity index (χ0v) is 19.6. The number of amides is 1. The van der Waals surface area contributed by atoms with E-state index >= 15 is 0 Å². The van der Waals surface area contributed by atoms with Crippen LogP contribution in [0.3, 0.4) is 0 Å². The highest BCUT2D eigenvalue weighted by Crippen LogP contribution is 2.35. The van der Waals surface area contributed by atoms with Crippen LogP contribution in [0.25, 0.3) is 5.57 Å². The fourth-order valence-electron chi connectivity index (χ4n) is 3.59. The van der Waals surface area contributed by atoms with Crippen LogP contribution >= 0.6 is 0 Å². The van der Waals surface area contributed by atoms with Gasteiger partial charge in [0.15, 0.2) is 0 Å². The highest BCUT2D eigenvalue weighted by atomic mass is 19.4. The number of carbonyl (C=O) groups excluding carboxylic acids is 1. The molecule has 1 N–H and O–H groups in total. The lowest BCUT2D eigenvalue weighted by Crippen LogP contribution is -2.22. The van der Waals surface area contributed by atoms with Gasteiger partial charge in [0, 0.05) is 25.0 Å². The maximum absolute atomic E-state index is 13.2. The van der Waals surface area contributed by atoms with Gasteiger partial charge in [-0.2, -0.15) is 26.3 Å². The zero-order chi connectivity index (χ0) is 26.9. The molecule has 0 unspecified atom stereocenters. The standard InChI is InChI=1S/C28H24F6N2O/c29-27(30,31)23-11-3-9-21(17-23)25(22-10-4-12-24(18-22)28(32,33)34)13-5-14-26(37)36-16-2-1-7-20-8-6-15-35-19-20/h3-6,8-15,17-19H,1-2,7,16H2,(H,36,37)/b14-5+. The third kappa shape index (κ3) is 8.63. The van der Waals surface area contributed by atoms with Crippen LogP contribution in [0.1, 0.15) is 40.7 Å². The van der Waals surface area contributed by atoms with Crippen molar-refractivity contribution in [2.75, 3.05) is 6.54 Å². The fraction of sp³-hybridized carbons (Fsp3) is 0.214. The smallest absolute Gasteiger partial charge is 0.353 e. The SMILES string of the molecule is O=C(/C=C/C=C(c1cccc(C(F)(F)F)c1)c1cccc(C(F)(F)F)c1)NCCCCc1cccnc1. The largest absolute Gasteiger partial charge is 0.416 e. The third-order valence-corrected chi connectivity index (χ3v) is 5.43. The summed E-state index contributed by atoms with van der Waals surface area (Å²) in [5, 5.41) is 2.71. The van der Waals surface area contributed by atoms with Crippen LogP contribution in [0.5, 0.6) is 0 Å². The summed E-state index contributed by atoms with van der Waals surface area (Å²) in [5.74, 6) is -0.426. The molecule has 3 aromatic rings. The van der Waals surface area contributed by atoms with E-state index in [1.54, 1.807) is 12.4 Å². The fourth-order valence-corrected chi connectivity index (χ4v) is 3.59. The first-order chi connectivity index (χ1) is 17.5. The van der Waals surface area contributed by atoms with Crippen molar-refractivity contribution in [3.8, 4) is 0 Å². The second-order valence-corrected chi connectivity index (χ2v) is 8.21. The summed E-state index contributed by atoms with van der Waals surface area (Å²) in [4.78, 5) is 16.2. The molecule has 1 aromatic heterocycles. The predicted molar refractivity (Wildman–Crippen MR) is 129 cm³/mol. The maximum Gasteiger partial charge on any atom is 0.416 e. The van der Waals surface area contributed by atoms with E-state index in [0.717, 1.165) is 49.1 Å². The topological polar surface area (TPSA) is 42.0 Å². The molecule has 0 saturated heterocycles. The first-order valence-electron chi connectivity index (χ1n) is 11.4. The molecule has 37 heavy (non-hydrogen) atoms. The molecule has 1 amide bonds. The minimum Gasteiger partial charge on any atom is -0.353 e. The first-order valence-corrected chi connectivity index (χ1v) is 11.4. The summed E-state index contributed by atoms with van der Waals surface area (Å²) in [5.41, 5.74) is -0.538. The van der Waals surface area contributed by atoms with Crippen LogP contribution in [0, 0.1) is 0 Å². The van der Waals surface area contributed by atoms with E-state index in [-0.39, 0.29) is 16.7 Å². The van der Waals surface area contributed by atoms with Crippen LogP contribution in [0.4, 0.5) is 26.3 Å². The molecule has 0 aliphatic rings. The number of unbranched alkanes of at least 4 members (excludes halogenated alkanes) is 1. The number of rotatable bonds is 9. The normalized spacial score (nSPS) is 11.9. The van der Waals surface area contributed by atoms with Crippen molar-refractivity contribution in [3.63, 3.8) is 0 Å². The van der Waals surface area contributed by atoms with Gasteiger partial charge in [0.05, 0.1) is 11.1 Å². The summed E-state index contributed by atoms with van der Waals surface area (Å²) in [6.45, 7) is 0.418. The molecular weight excluding hydrogens is 494 g/mol. The van der Waals surface area contributed by atoms with Crippen LogP contribution in [-0.2, 0) is 23.6 Å². The average molecular weight is 519 g/mol. The van der Waals surface area contributed by atoms with Crippen molar-refractivity contribution in [2.24, 2.45) is 0 Å². The molecule has 0 atom stereocenters. The molecule has 3 nitrogen and oxygen atoms in total. The first kappa shape index (κ1) is 27.7. The number of hydrogen-bond acceptors (Lipinski definition) is 2. The molecule has 0 fully saturated rings. The van der Waals surface area contributed by atoms with Crippen molar-refractivity contribution in [1.29, 1.82) is 0 Å². The Morgan fingerprint density at radius 1 is 0.838 bits per heavy atom. The predicted octanol–water partition coefficient (Wildman–Crippen LogP) is 7.25. The van der Waals surface area contributed by atoms with E-state index < -0.39 is 29.4 Å². The number of halogens is 6. The average Bonchev–Trinajstić information content (AvgIpc) is 2.86. The molecule has 194 valence electrons. The number of hydrogen-bond donors (Lipinski definition) is 1. The van der Waals surface area contributed by atoms with Crippen LogP contribution in [0.2, 0.25) is 0 Å². The number of pyridine rings is 1. The van der Waals surface area contributed by atoms with E-state index in [1.807, 2.05) is 12.1 Å². The molecule has 2 aromatic carbocycles. The number of carbonyl (C=O) groups is 1. The Labute approximate surface area is 210 Å². The molecule has 9 heteroatoms. The number of nitrogens with one attached hydrogen (secondary N) is 1. The third-order valence-electron chi connectivity index (χ3n) is 5.43. The maximum atomic E-state index is 13.2. The van der Waals surface area contributed by atoms with E-state index in [1.165, 1.54) is 42.5 Å². The van der Waals surface area contributed by atoms with Gasteiger partial charge in [-0.1, -0.05) is 42.5 Å². The van der Waals surface area contributed by atoms with Crippen molar-refractivity contribution in [1.82, 2.24) is 10.3 Å². The van der Waals surface area contributed by atoms with Crippen LogP contribution in [-0.4, -0.2) is 17.4 Å². The highest BCUT2D eigenvalue weighted by molar-refractivity contribution is 5.89. The van der Waals surface area contributed by atoms with E-state index in [2.05, 4.69) is 10.3 Å². The van der Waals surface area contributed by atoms with Crippen molar-refractivity contribution in [3.05, 3.63) is 119 Å². The van der Waals surface area contributed by atoms with Gasteiger partial charge in [-0.05, 0) is 71.9 Å². The second-order valence-electron chi connectivity index (χ2n) is 8.21. The Balaban J connectivity index is 1.74. The molecular formula is C28H24F6N2O. The van der Waals surface area contributed by atoms with Crippen molar-refractivity contribution < 1.29 is 31.1 Å². The van der Waals surface area contributed by atoms with Crippen molar-refractivity contribution in [2.45, 2.75) is 31.6 Å². The Bertz CT molecular complexity index is 1190. The molecule has 0 saturated carbocycles. The van der Waals surface area contributed by atoms with Gasteiger partial charge in [0.2, 0.25) is 5.91 Å². The quantitative estimate of drug-likeness (QED) is 0.140. The lowest BCUT2D eigenvalue weighted by atomic mass is 9.94. The summed E-state index contributed by atoms with van der Waals surface area (Å²) < 4.78 is 79.5. The van der Waals surface area contributed by atoms with Crippen LogP contribution in [0.15, 0.2) is 91.3 Å². The zero-order valence-electron chi connectivity index (χ0n) is 19.6. The molecule has 0 aliphatic carbocycles. The monoisotopic (exact) mass is 518 g/mol. The van der Waals surface area contributed by atoms with E-state index in [4.69, 9.17) is 0 Å². The number of aryl methyl sites for hydroxylation is 1. The van der Waals surface area contributed by atoms with Gasteiger partial charge in [0.25, 0.3) is 0 Å². The van der Waals surface area contributed by atoms with Gasteiger partial charge in [-0.3, -0.25) is 9.78 Å². The Hall–Kier alpha value is -3.88. The van der Waals surface area contributed by atoms with Gasteiger partial charge >= 0.3 is 12.4 Å². The number of nitrogens with zero attached hydrogens (tertiary/aromatic N) is 1. The molecule has 1 heterocycles. The highest BCUT2D eigenvalue weighted by Gasteiger charge is 2.32. The van der Waals surface area contributed by atoms with Crippen LogP contribution < -0.4 is 5.32 Å². The Kier molecular flexibility index (Phi) is 9.27. The van der Waals surface area contributed by atoms with Gasteiger partial charge in [-0.15, -0.1) is 0 Å². The number of aromatic nitrogens is 1. The molecule has 3 rings (SSSR count). The summed E-state index contributed by atoms with van der Waals surface area (Å²) in [7, 11) is 0. The second kappa shape index (κ2) is 12.4. The number of allylic oxidation sites excluding steroid dienone is 2. The molecule has 0 bridgehead atoms. The molecule has 0 spiro atoms. The minimum absolute atomic E-state index is 0.0645. The lowest BCUT2D eigenvalue weighted by molar-refractivity contribution is -0.138. The summed E-state index contributed by atoms with van der Waals surface area (Å²) in [6.07, 6.45) is 0.421. The van der Waals surface area contributed by atoms with E-state index in [9.17, 15) is 31.1 Å². The van der Waals surface area contributed by atoms with Gasteiger partial charge < -0.3 is 5.32 Å². The lowest BCUT2D eigenvalue weighted by Gasteiger charge is -2.14. The molecule has 0 aliphatic heterocycles. The summed E-state index contributed by atoms with van der Waals surface area (Å²) >= 11 is 0. The minimum atomic E-state index is -4.62. The van der Waals surface area contributed by atoms with E-state index in [0.29, 0.717) is 6.54 Å². The Morgan fingerprint density at radius 2 is 1.46 bits per heavy atom. The van der Waals surface area contributed by atoms with Crippen molar-refractivity contribution >= 4 is 11.5 Å². The van der Waals surface area contributed by atoms with Gasteiger partial charge in [0.1, 0.15) is 0 Å².